The molecule has 132 valence electrons. The minimum absolute atomic E-state index is 0. The van der Waals surface area contributed by atoms with E-state index in [9.17, 15) is 4.79 Å². The van der Waals surface area contributed by atoms with Crippen molar-refractivity contribution in [2.75, 3.05) is 6.54 Å². The molecule has 2 aromatic rings. The predicted octanol–water partition coefficient (Wildman–Crippen LogP) is 3.57. The van der Waals surface area contributed by atoms with Gasteiger partial charge in [-0.1, -0.05) is 24.3 Å². The van der Waals surface area contributed by atoms with Crippen LogP contribution < -0.4 is 10.6 Å². The highest BCUT2D eigenvalue weighted by atomic mass is 35.5. The lowest BCUT2D eigenvalue weighted by atomic mass is 9.94. The molecule has 0 bridgehead atoms. The highest BCUT2D eigenvalue weighted by Gasteiger charge is 2.27. The molecular formula is C18H25Cl2N3O. The van der Waals surface area contributed by atoms with Crippen LogP contribution in [0.15, 0.2) is 36.5 Å². The molecule has 1 fully saturated rings. The molecule has 0 spiro atoms. The SMILES string of the molecule is CC(C)(NC(=O)C[C@H]1CCCN1)c1nccc2ccccc12.Cl.Cl. The zero-order valence-electron chi connectivity index (χ0n) is 14.0. The molecule has 3 rings (SSSR count). The summed E-state index contributed by atoms with van der Waals surface area (Å²) in [5.41, 5.74) is 0.426. The first-order valence-corrected chi connectivity index (χ1v) is 7.95. The van der Waals surface area contributed by atoms with Crippen molar-refractivity contribution in [2.45, 2.75) is 44.7 Å². The molecule has 6 heteroatoms. The van der Waals surface area contributed by atoms with Gasteiger partial charge in [-0.3, -0.25) is 9.78 Å². The maximum Gasteiger partial charge on any atom is 0.222 e. The number of pyridine rings is 1. The molecule has 1 aliphatic heterocycles. The third-order valence-corrected chi connectivity index (χ3v) is 4.31. The summed E-state index contributed by atoms with van der Waals surface area (Å²) in [5, 5.41) is 8.75. The highest BCUT2D eigenvalue weighted by molar-refractivity contribution is 5.86. The Kier molecular flexibility index (Phi) is 7.46. The third-order valence-electron chi connectivity index (χ3n) is 4.31. The lowest BCUT2D eigenvalue weighted by Gasteiger charge is -2.27. The maximum atomic E-state index is 12.3. The Labute approximate surface area is 155 Å². The predicted molar refractivity (Wildman–Crippen MR) is 103 cm³/mol. The molecule has 1 atom stereocenters. The number of fused-ring (bicyclic) bond motifs is 1. The maximum absolute atomic E-state index is 12.3. The smallest absolute Gasteiger partial charge is 0.222 e. The average Bonchev–Trinajstić information content (AvgIpc) is 2.98. The van der Waals surface area contributed by atoms with E-state index in [-0.39, 0.29) is 30.7 Å². The van der Waals surface area contributed by atoms with E-state index < -0.39 is 5.54 Å². The van der Waals surface area contributed by atoms with Crippen molar-refractivity contribution in [2.24, 2.45) is 0 Å². The Hall–Kier alpha value is -1.36. The van der Waals surface area contributed by atoms with Gasteiger partial charge in [-0.05, 0) is 44.7 Å². The van der Waals surface area contributed by atoms with Crippen LogP contribution in [0.5, 0.6) is 0 Å². The molecule has 24 heavy (non-hydrogen) atoms. The summed E-state index contributed by atoms with van der Waals surface area (Å²) in [7, 11) is 0. The van der Waals surface area contributed by atoms with Crippen LogP contribution in [0.4, 0.5) is 0 Å². The second kappa shape index (κ2) is 8.65. The van der Waals surface area contributed by atoms with Crippen LogP contribution in [-0.2, 0) is 10.3 Å². The normalized spacial score (nSPS) is 17.0. The van der Waals surface area contributed by atoms with Gasteiger partial charge in [0.25, 0.3) is 0 Å². The molecule has 0 unspecified atom stereocenters. The lowest BCUT2D eigenvalue weighted by molar-refractivity contribution is -0.123. The minimum Gasteiger partial charge on any atom is -0.346 e. The Morgan fingerprint density at radius 2 is 2.04 bits per heavy atom. The van der Waals surface area contributed by atoms with E-state index in [0.29, 0.717) is 12.5 Å². The molecule has 1 aromatic heterocycles. The van der Waals surface area contributed by atoms with Crippen molar-refractivity contribution < 1.29 is 4.79 Å². The standard InChI is InChI=1S/C18H23N3O.2ClH/c1-18(2,21-16(22)12-14-7-5-10-19-14)17-15-8-4-3-6-13(15)9-11-20-17;;/h3-4,6,8-9,11,14,19H,5,7,10,12H2,1-2H3,(H,21,22);2*1H/t14-;;/m1../s1. The summed E-state index contributed by atoms with van der Waals surface area (Å²) in [5.74, 6) is 0.0825. The number of nitrogens with one attached hydrogen (secondary N) is 2. The molecule has 4 nitrogen and oxygen atoms in total. The van der Waals surface area contributed by atoms with Crippen molar-refractivity contribution in [3.05, 3.63) is 42.2 Å². The van der Waals surface area contributed by atoms with E-state index in [1.165, 1.54) is 0 Å². The molecule has 2 heterocycles. The molecule has 2 N–H and O–H groups in total. The first-order chi connectivity index (χ1) is 10.6. The summed E-state index contributed by atoms with van der Waals surface area (Å²) in [6, 6.07) is 10.5. The Balaban J connectivity index is 0.00000144. The van der Waals surface area contributed by atoms with Gasteiger partial charge in [0, 0.05) is 24.0 Å². The molecule has 1 amide bonds. The molecule has 0 aliphatic carbocycles. The van der Waals surface area contributed by atoms with Crippen molar-refractivity contribution in [1.29, 1.82) is 0 Å². The fourth-order valence-corrected chi connectivity index (χ4v) is 3.23. The zero-order valence-corrected chi connectivity index (χ0v) is 15.7. The fourth-order valence-electron chi connectivity index (χ4n) is 3.23. The van der Waals surface area contributed by atoms with Gasteiger partial charge in [0.15, 0.2) is 0 Å². The van der Waals surface area contributed by atoms with E-state index >= 15 is 0 Å². The topological polar surface area (TPSA) is 54.0 Å². The van der Waals surface area contributed by atoms with Gasteiger partial charge >= 0.3 is 0 Å². The largest absolute Gasteiger partial charge is 0.346 e. The van der Waals surface area contributed by atoms with Gasteiger partial charge in [0.1, 0.15) is 0 Å². The summed E-state index contributed by atoms with van der Waals surface area (Å²) in [6.07, 6.45) is 4.59. The third kappa shape index (κ3) is 4.59. The van der Waals surface area contributed by atoms with Crippen LogP contribution in [0.2, 0.25) is 0 Å². The first-order valence-electron chi connectivity index (χ1n) is 7.95. The number of halogens is 2. The van der Waals surface area contributed by atoms with Crippen molar-refractivity contribution >= 4 is 41.5 Å². The Morgan fingerprint density at radius 3 is 2.75 bits per heavy atom. The monoisotopic (exact) mass is 369 g/mol. The van der Waals surface area contributed by atoms with E-state index in [0.717, 1.165) is 35.9 Å². The molecule has 0 saturated carbocycles. The number of carbonyl (C=O) groups is 1. The second-order valence-electron chi connectivity index (χ2n) is 6.55. The van der Waals surface area contributed by atoms with Crippen molar-refractivity contribution in [3.63, 3.8) is 0 Å². The van der Waals surface area contributed by atoms with Crippen molar-refractivity contribution in [3.8, 4) is 0 Å². The zero-order chi connectivity index (χ0) is 15.6. The van der Waals surface area contributed by atoms with Crippen LogP contribution in [0.25, 0.3) is 10.8 Å². The number of carbonyl (C=O) groups excluding carboxylic acids is 1. The van der Waals surface area contributed by atoms with Crippen LogP contribution in [0, 0.1) is 0 Å². The summed E-state index contributed by atoms with van der Waals surface area (Å²) in [4.78, 5) is 16.9. The number of amides is 1. The number of rotatable bonds is 4. The molecule has 1 saturated heterocycles. The average molecular weight is 370 g/mol. The number of benzene rings is 1. The molecule has 0 radical (unpaired) electrons. The van der Waals surface area contributed by atoms with Gasteiger partial charge in [-0.2, -0.15) is 0 Å². The van der Waals surface area contributed by atoms with E-state index in [1.54, 1.807) is 0 Å². The number of nitrogens with zero attached hydrogens (tertiary/aromatic N) is 1. The lowest BCUT2D eigenvalue weighted by Crippen LogP contribution is -2.43. The van der Waals surface area contributed by atoms with Crippen molar-refractivity contribution in [1.82, 2.24) is 15.6 Å². The number of hydrogen-bond acceptors (Lipinski definition) is 3. The number of aromatic nitrogens is 1. The van der Waals surface area contributed by atoms with E-state index in [4.69, 9.17) is 0 Å². The van der Waals surface area contributed by atoms with Gasteiger partial charge < -0.3 is 10.6 Å². The second-order valence-corrected chi connectivity index (χ2v) is 6.55. The van der Waals surface area contributed by atoms with Gasteiger partial charge in [0.2, 0.25) is 5.91 Å². The highest BCUT2D eigenvalue weighted by Crippen LogP contribution is 2.26. The van der Waals surface area contributed by atoms with Crippen LogP contribution >= 0.6 is 24.8 Å². The van der Waals surface area contributed by atoms with E-state index in [1.807, 2.05) is 38.2 Å². The molecule has 1 aromatic carbocycles. The van der Waals surface area contributed by atoms with Gasteiger partial charge in [-0.25, -0.2) is 0 Å². The summed E-state index contributed by atoms with van der Waals surface area (Å²) in [6.45, 7) is 5.05. The van der Waals surface area contributed by atoms with Crippen LogP contribution in [0.3, 0.4) is 0 Å². The fraction of sp³-hybridized carbons (Fsp3) is 0.444. The number of hydrogen-bond donors (Lipinski definition) is 2. The molecular weight excluding hydrogens is 345 g/mol. The summed E-state index contributed by atoms with van der Waals surface area (Å²) >= 11 is 0. The van der Waals surface area contributed by atoms with E-state index in [2.05, 4.69) is 27.8 Å². The van der Waals surface area contributed by atoms with Gasteiger partial charge in [-0.15, -0.1) is 24.8 Å². The Morgan fingerprint density at radius 1 is 1.29 bits per heavy atom. The first kappa shape index (κ1) is 20.7. The van der Waals surface area contributed by atoms with Crippen LogP contribution in [0.1, 0.15) is 38.8 Å². The minimum atomic E-state index is -0.490. The summed E-state index contributed by atoms with van der Waals surface area (Å²) < 4.78 is 0. The van der Waals surface area contributed by atoms with Gasteiger partial charge in [0.05, 0.1) is 11.2 Å². The Bertz CT molecular complexity index is 680. The van der Waals surface area contributed by atoms with Crippen LogP contribution in [-0.4, -0.2) is 23.5 Å². The quantitative estimate of drug-likeness (QED) is 0.865. The molecule has 1 aliphatic rings.